The summed E-state index contributed by atoms with van der Waals surface area (Å²) in [6, 6.07) is 20.8. The predicted octanol–water partition coefficient (Wildman–Crippen LogP) is 4.57. The van der Waals surface area contributed by atoms with Crippen molar-refractivity contribution in [2.75, 3.05) is 13.9 Å². The van der Waals surface area contributed by atoms with Crippen molar-refractivity contribution in [2.45, 2.75) is 59.0 Å². The minimum atomic E-state index is -1.07. The zero-order valence-corrected chi connectivity index (χ0v) is 24.3. The summed E-state index contributed by atoms with van der Waals surface area (Å²) in [6.45, 7) is 6.65. The Labute approximate surface area is 241 Å². The van der Waals surface area contributed by atoms with Gasteiger partial charge in [0.2, 0.25) is 0 Å². The summed E-state index contributed by atoms with van der Waals surface area (Å²) in [5, 5.41) is 12.1. The second-order valence-electron chi connectivity index (χ2n) is 10.2. The number of aliphatic hydroxyl groups is 1. The van der Waals surface area contributed by atoms with E-state index in [1.165, 1.54) is 26.3 Å². The van der Waals surface area contributed by atoms with Crippen LogP contribution in [0.5, 0.6) is 11.5 Å². The second kappa shape index (κ2) is 15.7. The van der Waals surface area contributed by atoms with Crippen molar-refractivity contribution in [3.63, 3.8) is 0 Å². The van der Waals surface area contributed by atoms with Crippen LogP contribution in [0.1, 0.15) is 49.3 Å². The van der Waals surface area contributed by atoms with E-state index in [0.29, 0.717) is 0 Å². The molecule has 2 aromatic carbocycles. The van der Waals surface area contributed by atoms with Crippen molar-refractivity contribution in [2.24, 2.45) is 11.8 Å². The van der Waals surface area contributed by atoms with Gasteiger partial charge < -0.3 is 29.4 Å². The lowest BCUT2D eigenvalue weighted by Crippen LogP contribution is -2.47. The molecule has 0 saturated heterocycles. The Morgan fingerprint density at radius 3 is 2.00 bits per heavy atom. The Kier molecular flexibility index (Phi) is 12.1. The number of aromatic nitrogens is 1. The maximum Gasteiger partial charge on any atom is 0.329 e. The number of carbonyl (C=O) groups excluding carboxylic acids is 2. The number of esters is 1. The summed E-state index contributed by atoms with van der Waals surface area (Å²) in [4.78, 5) is 31.0. The van der Waals surface area contributed by atoms with Gasteiger partial charge in [-0.15, -0.1) is 0 Å². The SMILES string of the molecule is COc1ccnc(C(=O)N[C@H](C(=O)OC(C)C(Cc2ccccc2)Cc2ccccc2)C(C)C)c1OCOC(C)O. The molecule has 2 unspecified atom stereocenters. The molecule has 1 amide bonds. The number of methoxy groups -OCH3 is 1. The van der Waals surface area contributed by atoms with Crippen LogP contribution in [-0.2, 0) is 27.1 Å². The lowest BCUT2D eigenvalue weighted by atomic mass is 9.88. The normalized spacial score (nSPS) is 13.4. The van der Waals surface area contributed by atoms with Crippen LogP contribution in [0.3, 0.4) is 0 Å². The van der Waals surface area contributed by atoms with E-state index in [9.17, 15) is 14.7 Å². The molecule has 0 aliphatic carbocycles. The van der Waals surface area contributed by atoms with E-state index in [-0.39, 0.29) is 35.8 Å². The van der Waals surface area contributed by atoms with Crippen LogP contribution in [0, 0.1) is 11.8 Å². The number of hydrogen-bond donors (Lipinski definition) is 2. The first-order chi connectivity index (χ1) is 19.7. The van der Waals surface area contributed by atoms with Crippen LogP contribution >= 0.6 is 0 Å². The molecule has 0 saturated carbocycles. The van der Waals surface area contributed by atoms with Gasteiger partial charge in [-0.05, 0) is 43.7 Å². The average Bonchev–Trinajstić information content (AvgIpc) is 2.96. The number of rotatable bonds is 15. The highest BCUT2D eigenvalue weighted by Crippen LogP contribution is 2.30. The molecule has 3 rings (SSSR count). The van der Waals surface area contributed by atoms with Gasteiger partial charge in [-0.2, -0.15) is 0 Å². The Bertz CT molecular complexity index is 1190. The van der Waals surface area contributed by atoms with Crippen molar-refractivity contribution in [3.8, 4) is 11.5 Å². The van der Waals surface area contributed by atoms with Crippen LogP contribution in [-0.4, -0.2) is 54.3 Å². The van der Waals surface area contributed by atoms with Crippen LogP contribution < -0.4 is 14.8 Å². The largest absolute Gasteiger partial charge is 0.493 e. The van der Waals surface area contributed by atoms with Gasteiger partial charge in [-0.25, -0.2) is 9.78 Å². The minimum Gasteiger partial charge on any atom is -0.493 e. The highest BCUT2D eigenvalue weighted by atomic mass is 16.7. The third-order valence-electron chi connectivity index (χ3n) is 6.67. The van der Waals surface area contributed by atoms with Crippen LogP contribution in [0.15, 0.2) is 72.9 Å². The van der Waals surface area contributed by atoms with E-state index < -0.39 is 30.3 Å². The molecule has 41 heavy (non-hydrogen) atoms. The van der Waals surface area contributed by atoms with E-state index in [1.54, 1.807) is 0 Å². The van der Waals surface area contributed by atoms with Crippen LogP contribution in [0.4, 0.5) is 0 Å². The van der Waals surface area contributed by atoms with E-state index in [2.05, 4.69) is 34.6 Å². The molecule has 1 aromatic heterocycles. The number of benzene rings is 2. The van der Waals surface area contributed by atoms with E-state index in [0.717, 1.165) is 24.0 Å². The van der Waals surface area contributed by atoms with Crippen molar-refractivity contribution >= 4 is 11.9 Å². The fraction of sp³-hybridized carbons (Fsp3) is 0.406. The van der Waals surface area contributed by atoms with Gasteiger partial charge >= 0.3 is 5.97 Å². The lowest BCUT2D eigenvalue weighted by Gasteiger charge is -2.28. The summed E-state index contributed by atoms with van der Waals surface area (Å²) in [5.41, 5.74) is 2.22. The predicted molar refractivity (Wildman–Crippen MR) is 154 cm³/mol. The summed E-state index contributed by atoms with van der Waals surface area (Å²) in [7, 11) is 1.43. The second-order valence-corrected chi connectivity index (χ2v) is 10.2. The zero-order chi connectivity index (χ0) is 29.8. The quantitative estimate of drug-likeness (QED) is 0.204. The number of nitrogens with one attached hydrogen (secondary N) is 1. The standard InChI is InChI=1S/C32H40N2O7/c1-21(2)28(34-31(36)29-30(40-20-39-23(4)35)27(38-5)16-17-33-29)32(37)41-22(3)26(18-24-12-8-6-9-13-24)19-25-14-10-7-11-15-25/h6-17,21-23,26,28,35H,18-20H2,1-5H3,(H,34,36)/t22?,23?,28-/m0/s1. The van der Waals surface area contributed by atoms with Gasteiger partial charge in [-0.1, -0.05) is 74.5 Å². The molecule has 0 bridgehead atoms. The molecule has 3 atom stereocenters. The average molecular weight is 565 g/mol. The fourth-order valence-electron chi connectivity index (χ4n) is 4.38. The van der Waals surface area contributed by atoms with Crippen LogP contribution in [0.25, 0.3) is 0 Å². The summed E-state index contributed by atoms with van der Waals surface area (Å²) in [6.07, 6.45) is 1.37. The molecular weight excluding hydrogens is 524 g/mol. The minimum absolute atomic E-state index is 0.0150. The molecular formula is C32H40N2O7. The Morgan fingerprint density at radius 2 is 1.49 bits per heavy atom. The fourth-order valence-corrected chi connectivity index (χ4v) is 4.38. The highest BCUT2D eigenvalue weighted by molar-refractivity contribution is 5.98. The number of aliphatic hydroxyl groups excluding tert-OH is 1. The Balaban J connectivity index is 1.76. The van der Waals surface area contributed by atoms with Crippen molar-refractivity contribution in [1.82, 2.24) is 10.3 Å². The number of nitrogens with zero attached hydrogens (tertiary/aromatic N) is 1. The van der Waals surface area contributed by atoms with Gasteiger partial charge in [0.15, 0.2) is 30.3 Å². The first-order valence-corrected chi connectivity index (χ1v) is 13.7. The lowest BCUT2D eigenvalue weighted by molar-refractivity contribution is -0.154. The molecule has 220 valence electrons. The summed E-state index contributed by atoms with van der Waals surface area (Å²) in [5.74, 6) is -1.14. The third kappa shape index (κ3) is 9.58. The van der Waals surface area contributed by atoms with Crippen molar-refractivity contribution in [1.29, 1.82) is 0 Å². The molecule has 0 aliphatic rings. The molecule has 0 fully saturated rings. The Morgan fingerprint density at radius 1 is 0.902 bits per heavy atom. The van der Waals surface area contributed by atoms with Gasteiger partial charge in [0.25, 0.3) is 5.91 Å². The van der Waals surface area contributed by atoms with E-state index in [4.69, 9.17) is 18.9 Å². The molecule has 9 nitrogen and oxygen atoms in total. The molecule has 0 radical (unpaired) electrons. The number of pyridine rings is 1. The van der Waals surface area contributed by atoms with E-state index in [1.807, 2.05) is 57.2 Å². The smallest absolute Gasteiger partial charge is 0.329 e. The monoisotopic (exact) mass is 564 g/mol. The molecule has 1 heterocycles. The molecule has 3 aromatic rings. The number of hydrogen-bond acceptors (Lipinski definition) is 8. The number of ether oxygens (including phenoxy) is 4. The first-order valence-electron chi connectivity index (χ1n) is 13.7. The van der Waals surface area contributed by atoms with Crippen LogP contribution in [0.2, 0.25) is 0 Å². The van der Waals surface area contributed by atoms with Gasteiger partial charge in [-0.3, -0.25) is 4.79 Å². The molecule has 9 heteroatoms. The van der Waals surface area contributed by atoms with Gasteiger partial charge in [0.05, 0.1) is 7.11 Å². The van der Waals surface area contributed by atoms with Crippen molar-refractivity contribution < 1.29 is 33.6 Å². The zero-order valence-electron chi connectivity index (χ0n) is 24.3. The van der Waals surface area contributed by atoms with E-state index >= 15 is 0 Å². The maximum atomic E-state index is 13.5. The van der Waals surface area contributed by atoms with Crippen molar-refractivity contribution in [3.05, 3.63) is 89.7 Å². The highest BCUT2D eigenvalue weighted by Gasteiger charge is 2.31. The van der Waals surface area contributed by atoms with Gasteiger partial charge in [0, 0.05) is 18.2 Å². The first kappa shape index (κ1) is 31.6. The summed E-state index contributed by atoms with van der Waals surface area (Å²) < 4.78 is 21.9. The maximum absolute atomic E-state index is 13.5. The molecule has 0 aliphatic heterocycles. The third-order valence-corrected chi connectivity index (χ3v) is 6.67. The topological polar surface area (TPSA) is 116 Å². The molecule has 0 spiro atoms. The van der Waals surface area contributed by atoms with Gasteiger partial charge in [0.1, 0.15) is 12.1 Å². The number of amides is 1. The summed E-state index contributed by atoms with van der Waals surface area (Å²) >= 11 is 0. The Hall–Kier alpha value is -3.95. The molecule has 2 N–H and O–H groups in total. The number of carbonyl (C=O) groups is 2.